The molecule has 1 saturated heterocycles. The van der Waals surface area contributed by atoms with Gasteiger partial charge in [-0.2, -0.15) is 8.78 Å². The highest BCUT2D eigenvalue weighted by Crippen LogP contribution is 2.45. The highest BCUT2D eigenvalue weighted by Gasteiger charge is 2.43. The van der Waals surface area contributed by atoms with Crippen molar-refractivity contribution in [2.24, 2.45) is 0 Å². The van der Waals surface area contributed by atoms with E-state index in [1.807, 2.05) is 0 Å². The van der Waals surface area contributed by atoms with Gasteiger partial charge < -0.3 is 25.0 Å². The van der Waals surface area contributed by atoms with Crippen LogP contribution in [0.25, 0.3) is 10.9 Å². The largest absolute Gasteiger partial charge is 0.434 e. The standard InChI is InChI=1S/C29H34F6N4O2/c1-17-12-22-20-4-2-5-23(31)25(20)37-26(22)27(39(17)15-29(34,35)16-40)21-7-6-18(13-24(21)41-28(32)33)36-19-8-11-38(14-19)10-3-9-30/h2,4-7,13,17,19,27-28,36-37,40H,3,8-12,14-16H2,1H3/t17-,19?,27?/m1/s1. The van der Waals surface area contributed by atoms with Crippen molar-refractivity contribution >= 4 is 16.6 Å². The number of rotatable bonds is 11. The maximum absolute atomic E-state index is 14.8. The molecule has 2 aromatic carbocycles. The van der Waals surface area contributed by atoms with Crippen LogP contribution in [0.5, 0.6) is 5.75 Å². The Bertz CT molecular complexity index is 1350. The Morgan fingerprint density at radius 3 is 2.76 bits per heavy atom. The van der Waals surface area contributed by atoms with E-state index in [4.69, 9.17) is 4.74 Å². The van der Waals surface area contributed by atoms with Crippen LogP contribution >= 0.6 is 0 Å². The lowest BCUT2D eigenvalue weighted by Crippen LogP contribution is -2.49. The number of halogens is 6. The molecule has 0 aliphatic carbocycles. The van der Waals surface area contributed by atoms with Crippen LogP contribution in [0.4, 0.5) is 32.0 Å². The van der Waals surface area contributed by atoms with Gasteiger partial charge in [0.05, 0.1) is 24.8 Å². The number of aromatic amines is 1. The van der Waals surface area contributed by atoms with Crippen LogP contribution in [0.3, 0.4) is 0 Å². The average molecular weight is 585 g/mol. The predicted octanol–water partition coefficient (Wildman–Crippen LogP) is 5.72. The zero-order valence-corrected chi connectivity index (χ0v) is 22.7. The number of aliphatic hydroxyl groups excluding tert-OH is 1. The Kier molecular flexibility index (Phi) is 8.72. The number of aliphatic hydroxyl groups is 1. The molecule has 3 aromatic rings. The third-order valence-electron chi connectivity index (χ3n) is 8.01. The third-order valence-corrected chi connectivity index (χ3v) is 8.01. The molecule has 41 heavy (non-hydrogen) atoms. The van der Waals surface area contributed by atoms with E-state index in [0.717, 1.165) is 13.0 Å². The number of nitrogens with zero attached hydrogens (tertiary/aromatic N) is 2. The lowest BCUT2D eigenvalue weighted by molar-refractivity contribution is -0.0874. The van der Waals surface area contributed by atoms with Gasteiger partial charge in [0.25, 0.3) is 5.92 Å². The number of aromatic nitrogens is 1. The van der Waals surface area contributed by atoms with Crippen LogP contribution in [0, 0.1) is 5.82 Å². The molecule has 5 rings (SSSR count). The fraction of sp³-hybridized carbons (Fsp3) is 0.517. The zero-order chi connectivity index (χ0) is 29.3. The summed E-state index contributed by atoms with van der Waals surface area (Å²) in [6.07, 6.45) is 1.54. The van der Waals surface area contributed by atoms with Gasteiger partial charge in [-0.1, -0.05) is 18.2 Å². The van der Waals surface area contributed by atoms with Crippen LogP contribution in [0.2, 0.25) is 0 Å². The average Bonchev–Trinajstić information content (AvgIpc) is 3.53. The van der Waals surface area contributed by atoms with Crippen LogP contribution in [0.15, 0.2) is 36.4 Å². The quantitative estimate of drug-likeness (QED) is 0.252. The van der Waals surface area contributed by atoms with Gasteiger partial charge in [-0.15, -0.1) is 0 Å². The van der Waals surface area contributed by atoms with Crippen molar-refractivity contribution in [2.75, 3.05) is 44.8 Å². The lowest BCUT2D eigenvalue weighted by atomic mass is 9.87. The van der Waals surface area contributed by atoms with Crippen molar-refractivity contribution in [3.05, 3.63) is 59.0 Å². The van der Waals surface area contributed by atoms with Crippen molar-refractivity contribution in [3.8, 4) is 5.75 Å². The topological polar surface area (TPSA) is 63.8 Å². The molecule has 3 N–H and O–H groups in total. The summed E-state index contributed by atoms with van der Waals surface area (Å²) in [7, 11) is 0. The molecular formula is C29H34F6N4O2. The van der Waals surface area contributed by atoms with Gasteiger partial charge in [0, 0.05) is 60.1 Å². The van der Waals surface area contributed by atoms with Crippen LogP contribution in [-0.4, -0.2) is 84.0 Å². The van der Waals surface area contributed by atoms with E-state index in [1.165, 1.54) is 17.0 Å². The van der Waals surface area contributed by atoms with E-state index in [0.29, 0.717) is 48.3 Å². The minimum Gasteiger partial charge on any atom is -0.434 e. The molecule has 224 valence electrons. The maximum atomic E-state index is 14.8. The van der Waals surface area contributed by atoms with Crippen molar-refractivity contribution in [3.63, 3.8) is 0 Å². The summed E-state index contributed by atoms with van der Waals surface area (Å²) in [6.45, 7) is -1.99. The van der Waals surface area contributed by atoms with Crippen molar-refractivity contribution in [1.82, 2.24) is 14.8 Å². The van der Waals surface area contributed by atoms with Gasteiger partial charge in [0.2, 0.25) is 0 Å². The molecule has 0 saturated carbocycles. The minimum atomic E-state index is -3.47. The summed E-state index contributed by atoms with van der Waals surface area (Å²) < 4.78 is 88.9. The van der Waals surface area contributed by atoms with Crippen LogP contribution < -0.4 is 10.1 Å². The number of hydrogen-bond donors (Lipinski definition) is 3. The predicted molar refractivity (Wildman–Crippen MR) is 144 cm³/mol. The lowest BCUT2D eigenvalue weighted by Gasteiger charge is -2.42. The molecule has 0 bridgehead atoms. The first-order valence-corrected chi connectivity index (χ1v) is 13.8. The first-order valence-electron chi connectivity index (χ1n) is 13.8. The second kappa shape index (κ2) is 12.1. The Morgan fingerprint density at radius 1 is 1.22 bits per heavy atom. The van der Waals surface area contributed by atoms with E-state index in [2.05, 4.69) is 15.2 Å². The SMILES string of the molecule is C[C@@H]1Cc2c([nH]c3c(F)cccc23)C(c2ccc(NC3CCN(CCCF)C3)cc2OC(F)F)N1CC(F)(F)CO. The number of para-hydroxylation sites is 1. The molecule has 0 spiro atoms. The second-order valence-corrected chi connectivity index (χ2v) is 10.9. The van der Waals surface area contributed by atoms with Crippen LogP contribution in [-0.2, 0) is 6.42 Å². The highest BCUT2D eigenvalue weighted by molar-refractivity contribution is 5.86. The molecule has 12 heteroatoms. The molecule has 2 aliphatic rings. The number of hydrogen-bond acceptors (Lipinski definition) is 5. The molecule has 2 unspecified atom stereocenters. The van der Waals surface area contributed by atoms with Crippen molar-refractivity contribution < 1.29 is 36.2 Å². The van der Waals surface area contributed by atoms with Gasteiger partial charge in [-0.25, -0.2) is 13.2 Å². The number of ether oxygens (including phenoxy) is 1. The molecule has 1 aromatic heterocycles. The normalized spacial score (nSPS) is 22.0. The first-order chi connectivity index (χ1) is 19.6. The summed E-state index contributed by atoms with van der Waals surface area (Å²) in [6, 6.07) is 7.75. The third kappa shape index (κ3) is 6.29. The molecule has 0 amide bonds. The minimum absolute atomic E-state index is 0.0117. The Morgan fingerprint density at radius 2 is 2.02 bits per heavy atom. The number of fused-ring (bicyclic) bond motifs is 3. The number of nitrogens with one attached hydrogen (secondary N) is 2. The molecule has 2 aliphatic heterocycles. The fourth-order valence-corrected chi connectivity index (χ4v) is 6.16. The van der Waals surface area contributed by atoms with E-state index in [1.54, 1.807) is 31.2 Å². The van der Waals surface area contributed by atoms with Gasteiger partial charge in [-0.05, 0) is 43.9 Å². The molecular weight excluding hydrogens is 550 g/mol. The number of alkyl halides is 5. The molecule has 0 radical (unpaired) electrons. The zero-order valence-electron chi connectivity index (χ0n) is 22.7. The van der Waals surface area contributed by atoms with E-state index in [-0.39, 0.29) is 22.9 Å². The van der Waals surface area contributed by atoms with Crippen molar-refractivity contribution in [1.29, 1.82) is 0 Å². The first kappa shape index (κ1) is 29.5. The van der Waals surface area contributed by atoms with Crippen molar-refractivity contribution in [2.45, 2.75) is 56.8 Å². The molecule has 3 heterocycles. The number of H-pyrrole nitrogens is 1. The van der Waals surface area contributed by atoms with Gasteiger partial charge in [-0.3, -0.25) is 9.29 Å². The monoisotopic (exact) mass is 584 g/mol. The van der Waals surface area contributed by atoms with Gasteiger partial charge in [0.15, 0.2) is 0 Å². The number of anilines is 1. The maximum Gasteiger partial charge on any atom is 0.387 e. The van der Waals surface area contributed by atoms with Crippen LogP contribution in [0.1, 0.15) is 42.6 Å². The molecule has 1 fully saturated rings. The summed E-state index contributed by atoms with van der Waals surface area (Å²) in [5, 5.41) is 13.3. The van der Waals surface area contributed by atoms with E-state index < -0.39 is 50.3 Å². The summed E-state index contributed by atoms with van der Waals surface area (Å²) >= 11 is 0. The fourth-order valence-electron chi connectivity index (χ4n) is 6.16. The number of benzene rings is 2. The summed E-state index contributed by atoms with van der Waals surface area (Å²) in [5.41, 5.74) is 2.06. The van der Waals surface area contributed by atoms with E-state index in [9.17, 15) is 31.4 Å². The smallest absolute Gasteiger partial charge is 0.387 e. The Labute approximate surface area is 234 Å². The summed E-state index contributed by atoms with van der Waals surface area (Å²) in [4.78, 5) is 6.61. The Hall–Kier alpha value is -2.96. The summed E-state index contributed by atoms with van der Waals surface area (Å²) in [5.74, 6) is -4.18. The number of likely N-dealkylation sites (tertiary alicyclic amines) is 1. The molecule has 3 atom stereocenters. The van der Waals surface area contributed by atoms with Gasteiger partial charge >= 0.3 is 6.61 Å². The highest BCUT2D eigenvalue weighted by atomic mass is 19.3. The second-order valence-electron chi connectivity index (χ2n) is 10.9. The van der Waals surface area contributed by atoms with Gasteiger partial charge in [0.1, 0.15) is 18.2 Å². The van der Waals surface area contributed by atoms with E-state index >= 15 is 0 Å². The Balaban J connectivity index is 1.55. The molecule has 6 nitrogen and oxygen atoms in total.